The van der Waals surface area contributed by atoms with E-state index in [0.717, 1.165) is 4.77 Å². The van der Waals surface area contributed by atoms with Crippen molar-refractivity contribution in [1.29, 1.82) is 0 Å². The van der Waals surface area contributed by atoms with Gasteiger partial charge in [0.25, 0.3) is 0 Å². The first kappa shape index (κ1) is 10.6. The Morgan fingerprint density at radius 1 is 1.47 bits per heavy atom. The second kappa shape index (κ2) is 3.94. The summed E-state index contributed by atoms with van der Waals surface area (Å²) in [5, 5.41) is 0. The van der Waals surface area contributed by atoms with Crippen LogP contribution in [0.1, 0.15) is 28.3 Å². The topological polar surface area (TPSA) is 20.7 Å². The van der Waals surface area contributed by atoms with Gasteiger partial charge in [0.1, 0.15) is 0 Å². The van der Waals surface area contributed by atoms with Crippen LogP contribution in [0.3, 0.4) is 0 Å². The zero-order valence-electron chi connectivity index (χ0n) is 9.07. The number of H-pyrrole nitrogens is 1. The molecule has 1 atom stereocenters. The Hall–Kier alpha value is -0.870. The predicted octanol–water partition coefficient (Wildman–Crippen LogP) is 3.83. The molecule has 15 heavy (non-hydrogen) atoms. The highest BCUT2D eigenvalue weighted by Crippen LogP contribution is 2.28. The average Bonchev–Trinajstić information content (AvgIpc) is 2.71. The van der Waals surface area contributed by atoms with Crippen molar-refractivity contribution in [3.63, 3.8) is 0 Å². The summed E-state index contributed by atoms with van der Waals surface area (Å²) in [7, 11) is 0. The van der Waals surface area contributed by atoms with E-state index in [2.05, 4.69) is 36.4 Å². The minimum absolute atomic E-state index is 0.314. The maximum absolute atomic E-state index is 5.22. The van der Waals surface area contributed by atoms with Crippen LogP contribution in [-0.4, -0.2) is 9.55 Å². The number of rotatable bonds is 2. The Morgan fingerprint density at radius 3 is 2.67 bits per heavy atom. The largest absolute Gasteiger partial charge is 0.337 e. The molecule has 0 aromatic carbocycles. The van der Waals surface area contributed by atoms with Crippen LogP contribution in [0.25, 0.3) is 0 Å². The molecule has 0 bridgehead atoms. The summed E-state index contributed by atoms with van der Waals surface area (Å²) < 4.78 is 2.87. The van der Waals surface area contributed by atoms with Gasteiger partial charge in [0.2, 0.25) is 0 Å². The van der Waals surface area contributed by atoms with Crippen molar-refractivity contribution < 1.29 is 0 Å². The molecule has 1 unspecified atom stereocenters. The number of nitrogens with zero attached hydrogens (tertiary/aromatic N) is 1. The van der Waals surface area contributed by atoms with Gasteiger partial charge < -0.3 is 9.55 Å². The molecule has 0 aliphatic heterocycles. The summed E-state index contributed by atoms with van der Waals surface area (Å²) in [5.74, 6) is 0. The van der Waals surface area contributed by atoms with Crippen LogP contribution < -0.4 is 0 Å². The number of hydrogen-bond donors (Lipinski definition) is 1. The van der Waals surface area contributed by atoms with Gasteiger partial charge in [0, 0.05) is 22.1 Å². The van der Waals surface area contributed by atoms with Gasteiger partial charge in [-0.2, -0.15) is 0 Å². The van der Waals surface area contributed by atoms with E-state index in [1.54, 1.807) is 0 Å². The van der Waals surface area contributed by atoms with Crippen molar-refractivity contribution in [3.05, 3.63) is 38.5 Å². The van der Waals surface area contributed by atoms with E-state index in [-0.39, 0.29) is 0 Å². The maximum atomic E-state index is 5.22. The van der Waals surface area contributed by atoms with Crippen molar-refractivity contribution in [3.8, 4) is 0 Å². The van der Waals surface area contributed by atoms with Crippen LogP contribution in [-0.2, 0) is 0 Å². The molecule has 0 amide bonds. The Labute approximate surface area is 98.6 Å². The van der Waals surface area contributed by atoms with Crippen molar-refractivity contribution in [1.82, 2.24) is 9.55 Å². The molecule has 1 N–H and O–H groups in total. The molecule has 0 spiro atoms. The fraction of sp³-hybridized carbons (Fsp3) is 0.364. The highest BCUT2D eigenvalue weighted by molar-refractivity contribution is 7.71. The second-order valence-corrected chi connectivity index (χ2v) is 5.56. The van der Waals surface area contributed by atoms with Gasteiger partial charge >= 0.3 is 0 Å². The lowest BCUT2D eigenvalue weighted by atomic mass is 10.1. The highest BCUT2D eigenvalue weighted by atomic mass is 32.1. The van der Waals surface area contributed by atoms with Gasteiger partial charge in [-0.15, -0.1) is 11.3 Å². The maximum Gasteiger partial charge on any atom is 0.177 e. The van der Waals surface area contributed by atoms with Crippen molar-refractivity contribution in [2.45, 2.75) is 26.8 Å². The molecule has 0 fully saturated rings. The third kappa shape index (κ3) is 1.92. The number of imidazole rings is 1. The summed E-state index contributed by atoms with van der Waals surface area (Å²) in [4.78, 5) is 5.76. The van der Waals surface area contributed by atoms with Gasteiger partial charge in [0.05, 0.1) is 6.04 Å². The lowest BCUT2D eigenvalue weighted by molar-refractivity contribution is 0.629. The molecule has 0 saturated heterocycles. The first-order chi connectivity index (χ1) is 7.09. The summed E-state index contributed by atoms with van der Waals surface area (Å²) in [6.07, 6.45) is 3.88. The van der Waals surface area contributed by atoms with Gasteiger partial charge in [0.15, 0.2) is 4.77 Å². The quantitative estimate of drug-likeness (QED) is 0.788. The number of aromatic nitrogens is 2. The van der Waals surface area contributed by atoms with E-state index in [0.29, 0.717) is 6.04 Å². The molecular formula is C11H14N2S2. The van der Waals surface area contributed by atoms with Crippen molar-refractivity contribution >= 4 is 23.6 Å². The molecule has 0 saturated carbocycles. The van der Waals surface area contributed by atoms with Crippen LogP contribution >= 0.6 is 23.6 Å². The van der Waals surface area contributed by atoms with Crippen LogP contribution in [0.2, 0.25) is 0 Å². The van der Waals surface area contributed by atoms with E-state index in [1.165, 1.54) is 15.3 Å². The first-order valence-electron chi connectivity index (χ1n) is 4.92. The number of aromatic amines is 1. The van der Waals surface area contributed by atoms with Crippen LogP contribution in [0.5, 0.6) is 0 Å². The predicted molar refractivity (Wildman–Crippen MR) is 67.2 cm³/mol. The molecule has 2 rings (SSSR count). The van der Waals surface area contributed by atoms with Crippen LogP contribution in [0, 0.1) is 18.6 Å². The zero-order valence-corrected chi connectivity index (χ0v) is 10.7. The van der Waals surface area contributed by atoms with E-state index in [1.807, 2.05) is 23.7 Å². The first-order valence-corrected chi connectivity index (χ1v) is 6.14. The van der Waals surface area contributed by atoms with E-state index >= 15 is 0 Å². The van der Waals surface area contributed by atoms with Crippen molar-refractivity contribution in [2.24, 2.45) is 0 Å². The fourth-order valence-corrected chi connectivity index (χ4v) is 3.15. The summed E-state index contributed by atoms with van der Waals surface area (Å²) in [5.41, 5.74) is 1.37. The van der Waals surface area contributed by atoms with Crippen molar-refractivity contribution in [2.75, 3.05) is 0 Å². The van der Waals surface area contributed by atoms with Gasteiger partial charge in [-0.3, -0.25) is 0 Å². The fourth-order valence-electron chi connectivity index (χ4n) is 1.85. The van der Waals surface area contributed by atoms with E-state index < -0.39 is 0 Å². The summed E-state index contributed by atoms with van der Waals surface area (Å²) in [6, 6.07) is 2.56. The SMILES string of the molecule is Cc1cc(C(C)n2cc[nH]c2=S)c(C)s1. The Kier molecular flexibility index (Phi) is 2.80. The molecule has 2 nitrogen and oxygen atoms in total. The van der Waals surface area contributed by atoms with E-state index in [9.17, 15) is 0 Å². The molecule has 2 aromatic rings. The highest BCUT2D eigenvalue weighted by Gasteiger charge is 2.12. The van der Waals surface area contributed by atoms with Gasteiger partial charge in [-0.05, 0) is 44.6 Å². The normalized spacial score (nSPS) is 13.0. The zero-order chi connectivity index (χ0) is 11.0. The third-order valence-electron chi connectivity index (χ3n) is 2.62. The molecular weight excluding hydrogens is 224 g/mol. The number of nitrogens with one attached hydrogen (secondary N) is 1. The standard InChI is InChI=1S/C11H14N2S2/c1-7-6-10(9(3)15-7)8(2)13-5-4-12-11(13)14/h4-6,8H,1-3H3,(H,12,14). The van der Waals surface area contributed by atoms with Crippen LogP contribution in [0.15, 0.2) is 18.5 Å². The minimum Gasteiger partial charge on any atom is -0.337 e. The molecule has 0 aliphatic rings. The second-order valence-electron chi connectivity index (χ2n) is 3.72. The Balaban J connectivity index is 2.45. The summed E-state index contributed by atoms with van der Waals surface area (Å²) >= 11 is 7.07. The lowest BCUT2D eigenvalue weighted by Crippen LogP contribution is -2.05. The monoisotopic (exact) mass is 238 g/mol. The molecule has 2 heterocycles. The van der Waals surface area contributed by atoms with E-state index in [4.69, 9.17) is 12.2 Å². The lowest BCUT2D eigenvalue weighted by Gasteiger charge is -2.12. The number of thiophene rings is 1. The number of aryl methyl sites for hydroxylation is 2. The Morgan fingerprint density at radius 2 is 2.20 bits per heavy atom. The summed E-state index contributed by atoms with van der Waals surface area (Å²) in [6.45, 7) is 6.49. The number of hydrogen-bond acceptors (Lipinski definition) is 2. The molecule has 80 valence electrons. The minimum atomic E-state index is 0.314. The molecule has 0 aliphatic carbocycles. The smallest absolute Gasteiger partial charge is 0.177 e. The molecule has 0 radical (unpaired) electrons. The van der Waals surface area contributed by atoms with Crippen LogP contribution in [0.4, 0.5) is 0 Å². The average molecular weight is 238 g/mol. The Bertz CT molecular complexity index is 519. The molecule has 4 heteroatoms. The third-order valence-corrected chi connectivity index (χ3v) is 3.93. The molecule has 2 aromatic heterocycles. The van der Waals surface area contributed by atoms with Gasteiger partial charge in [-0.1, -0.05) is 0 Å². The van der Waals surface area contributed by atoms with Gasteiger partial charge in [-0.25, -0.2) is 0 Å².